The van der Waals surface area contributed by atoms with Crippen LogP contribution >= 0.6 is 0 Å². The van der Waals surface area contributed by atoms with Crippen LogP contribution in [0.2, 0.25) is 0 Å². The second kappa shape index (κ2) is 18.4. The first kappa shape index (κ1) is 44.0. The van der Waals surface area contributed by atoms with E-state index in [1.54, 1.807) is 0 Å². The molecular formula is C73H50N2. The van der Waals surface area contributed by atoms with Gasteiger partial charge in [-0.3, -0.25) is 0 Å². The molecular weight excluding hydrogens is 905 g/mol. The van der Waals surface area contributed by atoms with Crippen molar-refractivity contribution < 1.29 is 0 Å². The molecule has 12 aromatic carbocycles. The van der Waals surface area contributed by atoms with Gasteiger partial charge in [0.1, 0.15) is 0 Å². The van der Waals surface area contributed by atoms with Gasteiger partial charge in [0.05, 0.1) is 27.8 Å². The summed E-state index contributed by atoms with van der Waals surface area (Å²) in [7, 11) is 0. The van der Waals surface area contributed by atoms with E-state index < -0.39 is 5.41 Å². The van der Waals surface area contributed by atoms with Crippen LogP contribution in [0.25, 0.3) is 83.1 Å². The first-order valence-corrected chi connectivity index (χ1v) is 25.9. The summed E-state index contributed by atoms with van der Waals surface area (Å²) in [5, 5.41) is 2.47. The Bertz CT molecular complexity index is 4180. The van der Waals surface area contributed by atoms with Crippen molar-refractivity contribution in [2.75, 3.05) is 4.90 Å². The summed E-state index contributed by atoms with van der Waals surface area (Å²) in [4.78, 5) is 2.56. The molecule has 0 aliphatic heterocycles. The van der Waals surface area contributed by atoms with E-state index in [9.17, 15) is 0 Å². The number of benzene rings is 12. The van der Waals surface area contributed by atoms with Gasteiger partial charge in [-0.05, 0) is 115 Å². The molecule has 0 amide bonds. The lowest BCUT2D eigenvalue weighted by atomic mass is 9.68. The van der Waals surface area contributed by atoms with Crippen molar-refractivity contribution in [2.45, 2.75) is 5.41 Å². The van der Waals surface area contributed by atoms with Crippen LogP contribution < -0.4 is 4.90 Å². The van der Waals surface area contributed by atoms with Crippen molar-refractivity contribution in [2.24, 2.45) is 0 Å². The van der Waals surface area contributed by atoms with Gasteiger partial charge in [0, 0.05) is 33.3 Å². The van der Waals surface area contributed by atoms with E-state index in [1.165, 1.54) is 66.3 Å². The summed E-state index contributed by atoms with van der Waals surface area (Å²) in [5.74, 6) is 0. The third-order valence-corrected chi connectivity index (χ3v) is 15.5. The Kier molecular flexibility index (Phi) is 10.8. The van der Waals surface area contributed by atoms with Crippen molar-refractivity contribution in [3.8, 4) is 61.3 Å². The van der Waals surface area contributed by atoms with Crippen LogP contribution in [0.5, 0.6) is 0 Å². The highest BCUT2D eigenvalue weighted by Gasteiger charge is 2.47. The SMILES string of the molecule is c1ccc(-c2ccccc2-c2c(-c3ccccc3)cccc2N(c2cccc(-c3ccc4c5ccccc5n(-c5ccccc5)c4c3)c2)c2cccc3c2-c2ccccc2C3(c2ccccc2)c2ccccc2)cc1. The molecule has 1 aromatic heterocycles. The molecule has 352 valence electrons. The molecule has 0 saturated heterocycles. The van der Waals surface area contributed by atoms with E-state index in [2.05, 4.69) is 313 Å². The van der Waals surface area contributed by atoms with E-state index in [0.717, 1.165) is 56.1 Å². The molecule has 75 heavy (non-hydrogen) atoms. The Morgan fingerprint density at radius 1 is 0.280 bits per heavy atom. The maximum atomic E-state index is 2.56. The number of anilines is 3. The Labute approximate surface area is 438 Å². The highest BCUT2D eigenvalue weighted by Crippen LogP contribution is 2.60. The number of rotatable bonds is 10. The van der Waals surface area contributed by atoms with Crippen LogP contribution in [-0.2, 0) is 5.41 Å². The largest absolute Gasteiger partial charge is 0.309 e. The molecule has 0 atom stereocenters. The zero-order chi connectivity index (χ0) is 49.7. The van der Waals surface area contributed by atoms with Crippen LogP contribution in [0.1, 0.15) is 22.3 Å². The maximum absolute atomic E-state index is 2.56. The molecule has 0 bridgehead atoms. The molecule has 1 aliphatic rings. The van der Waals surface area contributed by atoms with Gasteiger partial charge in [0.15, 0.2) is 0 Å². The van der Waals surface area contributed by atoms with Crippen LogP contribution in [-0.4, -0.2) is 4.57 Å². The Morgan fingerprint density at radius 2 is 0.760 bits per heavy atom. The number of nitrogens with zero attached hydrogens (tertiary/aromatic N) is 2. The molecule has 0 saturated carbocycles. The second-order valence-electron chi connectivity index (χ2n) is 19.5. The number of para-hydroxylation sites is 2. The number of aromatic nitrogens is 1. The topological polar surface area (TPSA) is 8.17 Å². The van der Waals surface area contributed by atoms with Gasteiger partial charge in [0.25, 0.3) is 0 Å². The van der Waals surface area contributed by atoms with Gasteiger partial charge < -0.3 is 9.47 Å². The molecule has 13 aromatic rings. The average molecular weight is 955 g/mol. The monoisotopic (exact) mass is 954 g/mol. The van der Waals surface area contributed by atoms with Crippen molar-refractivity contribution >= 4 is 38.9 Å². The van der Waals surface area contributed by atoms with Crippen LogP contribution in [0.4, 0.5) is 17.1 Å². The second-order valence-corrected chi connectivity index (χ2v) is 19.5. The lowest BCUT2D eigenvalue weighted by Crippen LogP contribution is -2.28. The first-order chi connectivity index (χ1) is 37.3. The molecule has 0 fully saturated rings. The number of hydrogen-bond donors (Lipinski definition) is 0. The van der Waals surface area contributed by atoms with Gasteiger partial charge in [-0.1, -0.05) is 255 Å². The summed E-state index contributed by atoms with van der Waals surface area (Å²) in [6.07, 6.45) is 0. The smallest absolute Gasteiger partial charge is 0.0714 e. The summed E-state index contributed by atoms with van der Waals surface area (Å²) in [6, 6.07) is 112. The van der Waals surface area contributed by atoms with Crippen LogP contribution in [0.3, 0.4) is 0 Å². The Balaban J connectivity index is 1.07. The van der Waals surface area contributed by atoms with Crippen LogP contribution in [0, 0.1) is 0 Å². The zero-order valence-electron chi connectivity index (χ0n) is 41.3. The van der Waals surface area contributed by atoms with E-state index in [4.69, 9.17) is 0 Å². The van der Waals surface area contributed by atoms with E-state index in [1.807, 2.05) is 0 Å². The fourth-order valence-corrected chi connectivity index (χ4v) is 12.3. The third kappa shape index (κ3) is 7.17. The quantitative estimate of drug-likeness (QED) is 0.133. The predicted octanol–water partition coefficient (Wildman–Crippen LogP) is 19.3. The molecule has 0 N–H and O–H groups in total. The fourth-order valence-electron chi connectivity index (χ4n) is 12.3. The van der Waals surface area contributed by atoms with E-state index in [0.29, 0.717) is 0 Å². The minimum atomic E-state index is -0.584. The Morgan fingerprint density at radius 3 is 1.47 bits per heavy atom. The van der Waals surface area contributed by atoms with Gasteiger partial charge >= 0.3 is 0 Å². The molecule has 2 nitrogen and oxygen atoms in total. The fraction of sp³-hybridized carbons (Fsp3) is 0.0137. The Hall–Kier alpha value is -9.76. The first-order valence-electron chi connectivity index (χ1n) is 25.9. The lowest BCUT2D eigenvalue weighted by Gasteiger charge is -2.35. The van der Waals surface area contributed by atoms with E-state index in [-0.39, 0.29) is 0 Å². The normalized spacial score (nSPS) is 12.4. The molecule has 2 heteroatoms. The molecule has 0 radical (unpaired) electrons. The van der Waals surface area contributed by atoms with Crippen molar-refractivity contribution in [1.82, 2.24) is 4.57 Å². The van der Waals surface area contributed by atoms with Gasteiger partial charge in [0.2, 0.25) is 0 Å². The maximum Gasteiger partial charge on any atom is 0.0714 e. The van der Waals surface area contributed by atoms with Crippen molar-refractivity contribution in [3.05, 3.63) is 326 Å². The number of hydrogen-bond acceptors (Lipinski definition) is 1. The highest BCUT2D eigenvalue weighted by molar-refractivity contribution is 6.11. The summed E-state index contributed by atoms with van der Waals surface area (Å²) in [6.45, 7) is 0. The van der Waals surface area contributed by atoms with Crippen LogP contribution in [0.15, 0.2) is 303 Å². The average Bonchev–Trinajstić information content (AvgIpc) is 4.05. The lowest BCUT2D eigenvalue weighted by molar-refractivity contribution is 0.768. The minimum absolute atomic E-state index is 0.584. The standard InChI is InChI=1S/C73H50N2/c1-6-25-51(26-7-1)59-37-16-17-39-63(59)71-60(52-27-8-2-9-28-52)41-23-45-68(71)75(58-36-22-29-53(49-58)54-47-48-62-61-38-19-21-44-67(61)74(70(62)50-54)57-34-14-5-15-35-57)69-46-24-43-66-72(69)64-40-18-20-42-65(64)73(66,55-30-10-3-11-31-55)56-32-12-4-13-33-56/h1-50H. The van der Waals surface area contributed by atoms with Gasteiger partial charge in [-0.15, -0.1) is 0 Å². The van der Waals surface area contributed by atoms with E-state index >= 15 is 0 Å². The highest BCUT2D eigenvalue weighted by atomic mass is 15.1. The molecule has 14 rings (SSSR count). The van der Waals surface area contributed by atoms with Crippen molar-refractivity contribution in [1.29, 1.82) is 0 Å². The van der Waals surface area contributed by atoms with Crippen molar-refractivity contribution in [3.63, 3.8) is 0 Å². The van der Waals surface area contributed by atoms with Gasteiger partial charge in [-0.2, -0.15) is 0 Å². The minimum Gasteiger partial charge on any atom is -0.309 e. The van der Waals surface area contributed by atoms with Gasteiger partial charge in [-0.25, -0.2) is 0 Å². The molecule has 0 spiro atoms. The summed E-state index contributed by atoms with van der Waals surface area (Å²) >= 11 is 0. The molecule has 1 aliphatic carbocycles. The molecule has 1 heterocycles. The summed E-state index contributed by atoms with van der Waals surface area (Å²) in [5.41, 5.74) is 22.9. The number of fused-ring (bicyclic) bond motifs is 6. The summed E-state index contributed by atoms with van der Waals surface area (Å²) < 4.78 is 2.41. The predicted molar refractivity (Wildman–Crippen MR) is 315 cm³/mol. The zero-order valence-corrected chi connectivity index (χ0v) is 41.3. The molecule has 0 unspecified atom stereocenters. The third-order valence-electron chi connectivity index (χ3n) is 15.5.